The summed E-state index contributed by atoms with van der Waals surface area (Å²) in [4.78, 5) is 14.1. The minimum atomic E-state index is -4.16. The second-order valence-electron chi connectivity index (χ2n) is 7.85. The molecule has 3 fully saturated rings. The van der Waals surface area contributed by atoms with Crippen molar-refractivity contribution in [2.45, 2.75) is 37.1 Å². The van der Waals surface area contributed by atoms with Gasteiger partial charge in [0.05, 0.1) is 18.1 Å². The molecule has 0 saturated carbocycles. The Hall–Kier alpha value is -1.67. The second kappa shape index (κ2) is 6.74. The average molecular weight is 386 g/mol. The van der Waals surface area contributed by atoms with Crippen LogP contribution in [0.15, 0.2) is 24.3 Å². The quantitative estimate of drug-likeness (QED) is 0.792. The van der Waals surface area contributed by atoms with E-state index in [9.17, 15) is 22.4 Å². The number of hydrogen-bond donors (Lipinski definition) is 1. The van der Waals surface area contributed by atoms with Crippen molar-refractivity contribution in [1.82, 2.24) is 10.2 Å². The van der Waals surface area contributed by atoms with Crippen molar-refractivity contribution in [3.8, 4) is 0 Å². The van der Waals surface area contributed by atoms with E-state index in [2.05, 4.69) is 5.32 Å². The molecule has 27 heavy (non-hydrogen) atoms. The third kappa shape index (κ3) is 3.69. The third-order valence-electron chi connectivity index (χ3n) is 6.17. The van der Waals surface area contributed by atoms with Crippen molar-refractivity contribution in [3.63, 3.8) is 0 Å². The molecule has 148 valence electrons. The van der Waals surface area contributed by atoms with Crippen molar-refractivity contribution in [2.75, 3.05) is 26.2 Å². The van der Waals surface area contributed by atoms with Gasteiger partial charge in [0.15, 0.2) is 0 Å². The highest BCUT2D eigenvalue weighted by Gasteiger charge is 2.62. The summed E-state index contributed by atoms with van der Waals surface area (Å²) in [6.45, 7) is 1.52. The molecule has 0 unspecified atom stereocenters. The molecule has 3 aliphatic rings. The number of carbonyl (C=O) groups excluding carboxylic acids is 1. The lowest BCUT2D eigenvalue weighted by atomic mass is 9.73. The lowest BCUT2D eigenvalue weighted by molar-refractivity contribution is -0.138. The number of fused-ring (bicyclic) bond motifs is 1. The third-order valence-corrected chi connectivity index (χ3v) is 6.17. The summed E-state index contributed by atoms with van der Waals surface area (Å²) in [5.74, 6) is -0.448. The van der Waals surface area contributed by atoms with Crippen LogP contribution in [0.5, 0.6) is 0 Å². The van der Waals surface area contributed by atoms with Gasteiger partial charge in [-0.25, -0.2) is 4.39 Å². The number of benzene rings is 1. The van der Waals surface area contributed by atoms with E-state index >= 15 is 0 Å². The van der Waals surface area contributed by atoms with Gasteiger partial charge < -0.3 is 10.1 Å². The Morgan fingerprint density at radius 2 is 2.04 bits per heavy atom. The molecule has 4 atom stereocenters. The lowest BCUT2D eigenvalue weighted by Crippen LogP contribution is -2.41. The van der Waals surface area contributed by atoms with Gasteiger partial charge in [0.1, 0.15) is 5.82 Å². The van der Waals surface area contributed by atoms with E-state index in [-0.39, 0.29) is 36.0 Å². The number of nitrogens with zero attached hydrogens (tertiary/aromatic N) is 1. The Kier molecular flexibility index (Phi) is 4.66. The van der Waals surface area contributed by atoms with Crippen LogP contribution < -0.4 is 5.32 Å². The summed E-state index contributed by atoms with van der Waals surface area (Å²) in [6, 6.07) is 5.33. The van der Waals surface area contributed by atoms with Gasteiger partial charge in [0.2, 0.25) is 0 Å². The van der Waals surface area contributed by atoms with Crippen LogP contribution in [-0.4, -0.2) is 54.9 Å². The first-order chi connectivity index (χ1) is 12.8. The highest BCUT2D eigenvalue weighted by atomic mass is 19.4. The summed E-state index contributed by atoms with van der Waals surface area (Å²) in [5, 5.41) is 2.89. The van der Waals surface area contributed by atoms with E-state index in [1.54, 1.807) is 0 Å². The first-order valence-electron chi connectivity index (χ1n) is 9.26. The van der Waals surface area contributed by atoms with Crippen LogP contribution in [0.3, 0.4) is 0 Å². The van der Waals surface area contributed by atoms with E-state index in [0.717, 1.165) is 12.8 Å². The van der Waals surface area contributed by atoms with E-state index in [1.807, 2.05) is 4.90 Å². The van der Waals surface area contributed by atoms with Crippen LogP contribution >= 0.6 is 0 Å². The highest BCUT2D eigenvalue weighted by Crippen LogP contribution is 2.54. The molecule has 1 aromatic rings. The molecule has 3 heterocycles. The maximum Gasteiger partial charge on any atom is 0.390 e. The zero-order chi connectivity index (χ0) is 19.2. The van der Waals surface area contributed by atoms with Crippen LogP contribution in [0, 0.1) is 17.7 Å². The topological polar surface area (TPSA) is 41.6 Å². The predicted molar refractivity (Wildman–Crippen MR) is 89.7 cm³/mol. The fourth-order valence-corrected chi connectivity index (χ4v) is 4.93. The normalized spacial score (nSPS) is 32.7. The molecule has 0 aliphatic carbocycles. The highest BCUT2D eigenvalue weighted by molar-refractivity contribution is 5.94. The summed E-state index contributed by atoms with van der Waals surface area (Å²) < 4.78 is 56.8. The fourth-order valence-electron chi connectivity index (χ4n) is 4.93. The molecule has 1 aromatic carbocycles. The SMILES string of the molecule is O=C(NC[C@H]1[C@H]2CN(CCC(F)(F)F)C[C@]23CC[C@H]1O3)c1ccc(F)cc1. The summed E-state index contributed by atoms with van der Waals surface area (Å²) >= 11 is 0. The smallest absolute Gasteiger partial charge is 0.370 e. The van der Waals surface area contributed by atoms with Crippen molar-refractivity contribution in [1.29, 1.82) is 0 Å². The molecule has 4 rings (SSSR count). The van der Waals surface area contributed by atoms with Gasteiger partial charge in [0.25, 0.3) is 5.91 Å². The van der Waals surface area contributed by atoms with Gasteiger partial charge in [-0.15, -0.1) is 0 Å². The number of alkyl halides is 3. The first-order valence-corrected chi connectivity index (χ1v) is 9.26. The molecule has 1 N–H and O–H groups in total. The van der Waals surface area contributed by atoms with Crippen LogP contribution in [-0.2, 0) is 4.74 Å². The van der Waals surface area contributed by atoms with E-state index in [0.29, 0.717) is 25.2 Å². The Bertz CT molecular complexity index is 709. The fraction of sp³-hybridized carbons (Fsp3) is 0.632. The van der Waals surface area contributed by atoms with Gasteiger partial charge in [-0.1, -0.05) is 0 Å². The van der Waals surface area contributed by atoms with Crippen LogP contribution in [0.1, 0.15) is 29.6 Å². The number of likely N-dealkylation sites (tertiary alicyclic amines) is 1. The van der Waals surface area contributed by atoms with Crippen molar-refractivity contribution >= 4 is 5.91 Å². The maximum absolute atomic E-state index is 13.0. The Morgan fingerprint density at radius 3 is 2.74 bits per heavy atom. The van der Waals surface area contributed by atoms with Crippen molar-refractivity contribution < 1.29 is 27.1 Å². The van der Waals surface area contributed by atoms with E-state index in [1.165, 1.54) is 24.3 Å². The zero-order valence-corrected chi connectivity index (χ0v) is 14.8. The van der Waals surface area contributed by atoms with E-state index in [4.69, 9.17) is 4.74 Å². The van der Waals surface area contributed by atoms with Gasteiger partial charge in [-0.3, -0.25) is 9.69 Å². The Labute approximate surface area is 154 Å². The van der Waals surface area contributed by atoms with Crippen molar-refractivity contribution in [2.24, 2.45) is 11.8 Å². The van der Waals surface area contributed by atoms with E-state index < -0.39 is 18.4 Å². The number of rotatable bonds is 5. The molecule has 1 spiro atoms. The predicted octanol–water partition coefficient (Wildman–Crippen LogP) is 2.99. The van der Waals surface area contributed by atoms with Crippen LogP contribution in [0.2, 0.25) is 0 Å². The monoisotopic (exact) mass is 386 g/mol. The summed E-state index contributed by atoms with van der Waals surface area (Å²) in [6.07, 6.45) is -3.18. The first kappa shape index (κ1) is 18.7. The molecular weight excluding hydrogens is 364 g/mol. The van der Waals surface area contributed by atoms with Crippen LogP contribution in [0.4, 0.5) is 17.6 Å². The molecule has 3 saturated heterocycles. The summed E-state index contributed by atoms with van der Waals surface area (Å²) in [7, 11) is 0. The summed E-state index contributed by atoms with van der Waals surface area (Å²) in [5.41, 5.74) is 0.0232. The molecule has 1 amide bonds. The molecular formula is C19H22F4N2O2. The number of amides is 1. The zero-order valence-electron chi connectivity index (χ0n) is 14.8. The number of ether oxygens (including phenoxy) is 1. The number of halogens is 4. The molecule has 0 radical (unpaired) electrons. The average Bonchev–Trinajstić information content (AvgIpc) is 3.26. The maximum atomic E-state index is 13.0. The standard InChI is InChI=1S/C19H22F4N2O2/c20-13-3-1-12(2-4-13)17(26)24-9-14-15-10-25(8-7-19(21,22)23)11-18(15)6-5-16(14)27-18/h1-4,14-16H,5-11H2,(H,24,26)/t14-,15+,16+,18+/m0/s1. The van der Waals surface area contributed by atoms with Gasteiger partial charge in [0, 0.05) is 43.6 Å². The minimum Gasteiger partial charge on any atom is -0.370 e. The minimum absolute atomic E-state index is 0.00949. The Balaban J connectivity index is 1.37. The second-order valence-corrected chi connectivity index (χ2v) is 7.85. The molecule has 8 heteroatoms. The molecule has 0 aromatic heterocycles. The molecule has 2 bridgehead atoms. The van der Waals surface area contributed by atoms with Gasteiger partial charge in [-0.05, 0) is 37.1 Å². The Morgan fingerprint density at radius 1 is 1.30 bits per heavy atom. The number of carbonyl (C=O) groups is 1. The lowest BCUT2D eigenvalue weighted by Gasteiger charge is -2.29. The largest absolute Gasteiger partial charge is 0.390 e. The van der Waals surface area contributed by atoms with Gasteiger partial charge >= 0.3 is 6.18 Å². The number of nitrogens with one attached hydrogen (secondary N) is 1. The molecule has 4 nitrogen and oxygen atoms in total. The van der Waals surface area contributed by atoms with Crippen molar-refractivity contribution in [3.05, 3.63) is 35.6 Å². The number of hydrogen-bond acceptors (Lipinski definition) is 3. The van der Waals surface area contributed by atoms with Crippen LogP contribution in [0.25, 0.3) is 0 Å². The van der Waals surface area contributed by atoms with Gasteiger partial charge in [-0.2, -0.15) is 13.2 Å². The molecule has 3 aliphatic heterocycles.